The molecule has 0 radical (unpaired) electrons. The maximum absolute atomic E-state index is 12.7. The topological polar surface area (TPSA) is 124 Å². The highest BCUT2D eigenvalue weighted by atomic mass is 32.2. The first-order chi connectivity index (χ1) is 9.89. The SMILES string of the molecule is Cc1[nH]nc(S(=O)(=O)N2CCCCC2CCO)c1C(=O)O. The Hall–Kier alpha value is -1.45. The number of sulfonamides is 1. The summed E-state index contributed by atoms with van der Waals surface area (Å²) in [6.07, 6.45) is 2.60. The summed E-state index contributed by atoms with van der Waals surface area (Å²) in [5.74, 6) is -1.32. The van der Waals surface area contributed by atoms with Gasteiger partial charge in [0.2, 0.25) is 5.03 Å². The van der Waals surface area contributed by atoms with Gasteiger partial charge in [0, 0.05) is 24.9 Å². The summed E-state index contributed by atoms with van der Waals surface area (Å²) in [7, 11) is -3.99. The van der Waals surface area contributed by atoms with Crippen molar-refractivity contribution in [2.24, 2.45) is 0 Å². The van der Waals surface area contributed by atoms with E-state index >= 15 is 0 Å². The number of aromatic carboxylic acids is 1. The van der Waals surface area contributed by atoms with Gasteiger partial charge in [0.15, 0.2) is 0 Å². The molecule has 0 saturated carbocycles. The number of aliphatic hydroxyl groups is 1. The van der Waals surface area contributed by atoms with E-state index in [1.807, 2.05) is 0 Å². The van der Waals surface area contributed by atoms with Crippen molar-refractivity contribution in [3.63, 3.8) is 0 Å². The zero-order valence-corrected chi connectivity index (χ0v) is 12.6. The van der Waals surface area contributed by atoms with Crippen LogP contribution >= 0.6 is 0 Å². The van der Waals surface area contributed by atoms with Crippen LogP contribution in [0.4, 0.5) is 0 Å². The Morgan fingerprint density at radius 1 is 1.48 bits per heavy atom. The number of carboxylic acid groups (broad SMARTS) is 1. The molecule has 1 saturated heterocycles. The van der Waals surface area contributed by atoms with Gasteiger partial charge in [-0.05, 0) is 26.2 Å². The maximum Gasteiger partial charge on any atom is 0.340 e. The first-order valence-electron chi connectivity index (χ1n) is 6.80. The molecule has 3 N–H and O–H groups in total. The summed E-state index contributed by atoms with van der Waals surface area (Å²) in [6, 6.07) is -0.313. The van der Waals surface area contributed by atoms with E-state index in [4.69, 9.17) is 5.11 Å². The van der Waals surface area contributed by atoms with Crippen LogP contribution in [0.25, 0.3) is 0 Å². The molecule has 9 heteroatoms. The van der Waals surface area contributed by atoms with Crippen molar-refractivity contribution < 1.29 is 23.4 Å². The number of nitrogens with one attached hydrogen (secondary N) is 1. The summed E-state index contributed by atoms with van der Waals surface area (Å²) in [6.45, 7) is 1.68. The molecule has 1 atom stereocenters. The third-order valence-electron chi connectivity index (χ3n) is 3.72. The van der Waals surface area contributed by atoms with Gasteiger partial charge in [-0.2, -0.15) is 9.40 Å². The van der Waals surface area contributed by atoms with Crippen molar-refractivity contribution in [2.75, 3.05) is 13.2 Å². The van der Waals surface area contributed by atoms with Gasteiger partial charge in [0.25, 0.3) is 10.0 Å². The Balaban J connectivity index is 2.43. The van der Waals surface area contributed by atoms with E-state index in [1.165, 1.54) is 11.2 Å². The zero-order valence-electron chi connectivity index (χ0n) is 11.7. The number of piperidine rings is 1. The zero-order chi connectivity index (χ0) is 15.6. The lowest BCUT2D eigenvalue weighted by Crippen LogP contribution is -2.44. The van der Waals surface area contributed by atoms with Crippen LogP contribution in [-0.4, -0.2) is 58.3 Å². The molecular weight excluding hydrogens is 298 g/mol. The van der Waals surface area contributed by atoms with Crippen LogP contribution in [0.1, 0.15) is 41.7 Å². The molecule has 118 valence electrons. The second kappa shape index (κ2) is 6.12. The first kappa shape index (κ1) is 15.9. The highest BCUT2D eigenvalue weighted by Gasteiger charge is 2.38. The number of carbonyl (C=O) groups is 1. The summed E-state index contributed by atoms with van der Waals surface area (Å²) in [5, 5.41) is 23.9. The molecule has 8 nitrogen and oxygen atoms in total. The van der Waals surface area contributed by atoms with Gasteiger partial charge in [-0.25, -0.2) is 13.2 Å². The average molecular weight is 317 g/mol. The molecule has 0 aliphatic carbocycles. The fourth-order valence-corrected chi connectivity index (χ4v) is 4.54. The fourth-order valence-electron chi connectivity index (χ4n) is 2.68. The minimum atomic E-state index is -3.99. The molecule has 0 bridgehead atoms. The number of hydrogen-bond acceptors (Lipinski definition) is 5. The lowest BCUT2D eigenvalue weighted by atomic mass is 10.0. The third-order valence-corrected chi connectivity index (χ3v) is 5.60. The largest absolute Gasteiger partial charge is 0.478 e. The van der Waals surface area contributed by atoms with Crippen LogP contribution in [0, 0.1) is 6.92 Å². The van der Waals surface area contributed by atoms with Crippen LogP contribution < -0.4 is 0 Å². The lowest BCUT2D eigenvalue weighted by Gasteiger charge is -2.33. The van der Waals surface area contributed by atoms with Crippen LogP contribution in [-0.2, 0) is 10.0 Å². The smallest absolute Gasteiger partial charge is 0.340 e. The second-order valence-electron chi connectivity index (χ2n) is 5.11. The van der Waals surface area contributed by atoms with Crippen LogP contribution in [0.3, 0.4) is 0 Å². The Morgan fingerprint density at radius 3 is 2.81 bits per heavy atom. The number of aliphatic hydroxyl groups excluding tert-OH is 1. The number of nitrogens with zero attached hydrogens (tertiary/aromatic N) is 2. The molecule has 0 amide bonds. The minimum Gasteiger partial charge on any atom is -0.478 e. The van der Waals surface area contributed by atoms with Gasteiger partial charge >= 0.3 is 5.97 Å². The number of aromatic amines is 1. The number of H-pyrrole nitrogens is 1. The van der Waals surface area contributed by atoms with E-state index in [1.54, 1.807) is 0 Å². The molecule has 2 heterocycles. The Kier molecular flexibility index (Phi) is 4.64. The number of hydrogen-bond donors (Lipinski definition) is 3. The predicted molar refractivity (Wildman–Crippen MR) is 73.5 cm³/mol. The highest BCUT2D eigenvalue weighted by molar-refractivity contribution is 7.89. The molecular formula is C12H19N3O5S. The van der Waals surface area contributed by atoms with E-state index in [2.05, 4.69) is 10.2 Å². The number of aromatic nitrogens is 2. The van der Waals surface area contributed by atoms with Crippen molar-refractivity contribution in [3.05, 3.63) is 11.3 Å². The number of carboxylic acids is 1. The van der Waals surface area contributed by atoms with Gasteiger partial charge in [-0.3, -0.25) is 5.10 Å². The fraction of sp³-hybridized carbons (Fsp3) is 0.667. The summed E-state index contributed by atoms with van der Waals surface area (Å²) in [5.41, 5.74) is -0.111. The molecule has 1 aliphatic heterocycles. The first-order valence-corrected chi connectivity index (χ1v) is 8.24. The van der Waals surface area contributed by atoms with Crippen LogP contribution in [0.15, 0.2) is 5.03 Å². The molecule has 0 spiro atoms. The molecule has 1 aromatic rings. The van der Waals surface area contributed by atoms with E-state index in [0.29, 0.717) is 25.8 Å². The summed E-state index contributed by atoms with van der Waals surface area (Å²) < 4.78 is 26.7. The maximum atomic E-state index is 12.7. The number of rotatable bonds is 5. The molecule has 2 rings (SSSR count). The molecule has 1 fully saturated rings. The number of aryl methyl sites for hydroxylation is 1. The van der Waals surface area contributed by atoms with Gasteiger partial charge in [0.05, 0.1) is 0 Å². The van der Waals surface area contributed by atoms with Crippen LogP contribution in [0.5, 0.6) is 0 Å². The van der Waals surface area contributed by atoms with Crippen molar-refractivity contribution in [1.29, 1.82) is 0 Å². The Labute approximate surface area is 122 Å². The van der Waals surface area contributed by atoms with Gasteiger partial charge < -0.3 is 10.2 Å². The second-order valence-corrected chi connectivity index (χ2v) is 6.92. The van der Waals surface area contributed by atoms with Crippen molar-refractivity contribution in [2.45, 2.75) is 43.7 Å². The van der Waals surface area contributed by atoms with Crippen molar-refractivity contribution in [3.8, 4) is 0 Å². The van der Waals surface area contributed by atoms with Crippen molar-refractivity contribution in [1.82, 2.24) is 14.5 Å². The quantitative estimate of drug-likeness (QED) is 0.719. The molecule has 1 aromatic heterocycles. The van der Waals surface area contributed by atoms with Crippen LogP contribution in [0.2, 0.25) is 0 Å². The van der Waals surface area contributed by atoms with Gasteiger partial charge in [0.1, 0.15) is 5.56 Å². The van der Waals surface area contributed by atoms with E-state index in [-0.39, 0.29) is 23.9 Å². The van der Waals surface area contributed by atoms with Gasteiger partial charge in [-0.1, -0.05) is 6.42 Å². The molecule has 0 aromatic carbocycles. The van der Waals surface area contributed by atoms with Crippen molar-refractivity contribution >= 4 is 16.0 Å². The summed E-state index contributed by atoms with van der Waals surface area (Å²) in [4.78, 5) is 11.3. The Morgan fingerprint density at radius 2 is 2.19 bits per heavy atom. The highest BCUT2D eigenvalue weighted by Crippen LogP contribution is 2.28. The predicted octanol–water partition coefficient (Wildman–Crippen LogP) is 0.342. The van der Waals surface area contributed by atoms with E-state index in [9.17, 15) is 18.3 Å². The van der Waals surface area contributed by atoms with Gasteiger partial charge in [-0.15, -0.1) is 0 Å². The summed E-state index contributed by atoms with van der Waals surface area (Å²) >= 11 is 0. The van der Waals surface area contributed by atoms with E-state index < -0.39 is 21.0 Å². The molecule has 1 aliphatic rings. The van der Waals surface area contributed by atoms with E-state index in [0.717, 1.165) is 6.42 Å². The molecule has 21 heavy (non-hydrogen) atoms. The third kappa shape index (κ3) is 2.94. The normalized spacial score (nSPS) is 20.6. The molecule has 1 unspecified atom stereocenters. The Bertz CT molecular complexity index is 623. The standard InChI is InChI=1S/C12H19N3O5S/c1-8-10(12(17)18)11(14-13-8)21(19,20)15-6-3-2-4-9(15)5-7-16/h9,16H,2-7H2,1H3,(H,13,14)(H,17,18). The minimum absolute atomic E-state index is 0.109. The average Bonchev–Trinajstić information content (AvgIpc) is 2.82. The lowest BCUT2D eigenvalue weighted by molar-refractivity contribution is 0.0691. The monoisotopic (exact) mass is 317 g/mol.